The molecule has 0 bridgehead atoms. The molecule has 0 unspecified atom stereocenters. The van der Waals surface area contributed by atoms with Crippen LogP contribution >= 0.6 is 0 Å². The van der Waals surface area contributed by atoms with Crippen molar-refractivity contribution in [3.8, 4) is 0 Å². The molecule has 5 heteroatoms. The maximum Gasteiger partial charge on any atom is 0.258 e. The first-order chi connectivity index (χ1) is 10.2. The molecule has 21 heavy (non-hydrogen) atoms. The molecule has 2 N–H and O–H groups in total. The van der Waals surface area contributed by atoms with Crippen LogP contribution < -0.4 is 10.2 Å². The number of anilines is 2. The van der Waals surface area contributed by atoms with Crippen molar-refractivity contribution in [3.05, 3.63) is 59.7 Å². The van der Waals surface area contributed by atoms with Crippen LogP contribution in [-0.2, 0) is 11.4 Å². The van der Waals surface area contributed by atoms with Crippen LogP contribution in [0.25, 0.3) is 0 Å². The summed E-state index contributed by atoms with van der Waals surface area (Å²) >= 11 is 0. The highest BCUT2D eigenvalue weighted by atomic mass is 16.3. The number of carbonyl (C=O) groups is 2. The van der Waals surface area contributed by atoms with E-state index in [4.69, 9.17) is 5.11 Å². The summed E-state index contributed by atoms with van der Waals surface area (Å²) in [5, 5.41) is 11.8. The largest absolute Gasteiger partial charge is 0.392 e. The Kier molecular flexibility index (Phi) is 3.41. The monoisotopic (exact) mass is 282 g/mol. The Morgan fingerprint density at radius 3 is 2.57 bits per heavy atom. The molecule has 0 spiro atoms. The van der Waals surface area contributed by atoms with E-state index in [0.29, 0.717) is 16.9 Å². The zero-order valence-electron chi connectivity index (χ0n) is 11.2. The van der Waals surface area contributed by atoms with Crippen LogP contribution in [0.1, 0.15) is 15.9 Å². The molecule has 2 amide bonds. The smallest absolute Gasteiger partial charge is 0.258 e. The quantitative estimate of drug-likeness (QED) is 0.882. The Bertz CT molecular complexity index is 695. The predicted molar refractivity (Wildman–Crippen MR) is 79.1 cm³/mol. The van der Waals surface area contributed by atoms with Gasteiger partial charge >= 0.3 is 0 Å². The topological polar surface area (TPSA) is 69.6 Å². The predicted octanol–water partition coefficient (Wildman–Crippen LogP) is 1.78. The summed E-state index contributed by atoms with van der Waals surface area (Å²) in [7, 11) is 0. The van der Waals surface area contributed by atoms with Gasteiger partial charge in [0.05, 0.1) is 18.0 Å². The van der Waals surface area contributed by atoms with Crippen molar-refractivity contribution in [1.29, 1.82) is 0 Å². The second-order valence-corrected chi connectivity index (χ2v) is 4.81. The third-order valence-corrected chi connectivity index (χ3v) is 3.40. The molecule has 0 saturated heterocycles. The summed E-state index contributed by atoms with van der Waals surface area (Å²) in [6.07, 6.45) is 0. The molecule has 0 aliphatic carbocycles. The van der Waals surface area contributed by atoms with Crippen molar-refractivity contribution >= 4 is 23.2 Å². The highest BCUT2D eigenvalue weighted by molar-refractivity contribution is 6.15. The molecular formula is C16H14N2O3. The van der Waals surface area contributed by atoms with E-state index in [2.05, 4.69) is 5.32 Å². The van der Waals surface area contributed by atoms with E-state index in [1.54, 1.807) is 36.4 Å². The molecule has 0 aromatic heterocycles. The van der Waals surface area contributed by atoms with Crippen LogP contribution in [0.2, 0.25) is 0 Å². The minimum Gasteiger partial charge on any atom is -0.392 e. The van der Waals surface area contributed by atoms with E-state index in [1.807, 2.05) is 12.1 Å². The average Bonchev–Trinajstić information content (AvgIpc) is 2.53. The lowest BCUT2D eigenvalue weighted by Gasteiger charge is -2.29. The molecule has 1 heterocycles. The highest BCUT2D eigenvalue weighted by Crippen LogP contribution is 2.30. The number of amides is 2. The number of carbonyl (C=O) groups excluding carboxylic acids is 2. The number of para-hydroxylation sites is 2. The fourth-order valence-corrected chi connectivity index (χ4v) is 2.32. The highest BCUT2D eigenvalue weighted by Gasteiger charge is 2.27. The van der Waals surface area contributed by atoms with E-state index < -0.39 is 0 Å². The number of aliphatic hydroxyl groups excluding tert-OH is 1. The molecule has 0 radical (unpaired) electrons. The Morgan fingerprint density at radius 2 is 1.86 bits per heavy atom. The van der Waals surface area contributed by atoms with Gasteiger partial charge in [0.2, 0.25) is 5.91 Å². The van der Waals surface area contributed by atoms with Crippen LogP contribution in [-0.4, -0.2) is 23.5 Å². The van der Waals surface area contributed by atoms with Gasteiger partial charge in [-0.15, -0.1) is 0 Å². The van der Waals surface area contributed by atoms with E-state index in [0.717, 1.165) is 5.56 Å². The molecule has 1 aliphatic rings. The van der Waals surface area contributed by atoms with Gasteiger partial charge in [0.15, 0.2) is 0 Å². The van der Waals surface area contributed by atoms with Gasteiger partial charge in [0.1, 0.15) is 6.54 Å². The van der Waals surface area contributed by atoms with E-state index in [9.17, 15) is 9.59 Å². The van der Waals surface area contributed by atoms with E-state index >= 15 is 0 Å². The summed E-state index contributed by atoms with van der Waals surface area (Å²) in [5.74, 6) is -0.448. The van der Waals surface area contributed by atoms with Crippen molar-refractivity contribution in [2.75, 3.05) is 16.8 Å². The van der Waals surface area contributed by atoms with E-state index in [1.165, 1.54) is 4.90 Å². The Labute approximate surface area is 121 Å². The first-order valence-corrected chi connectivity index (χ1v) is 6.59. The maximum absolute atomic E-state index is 12.6. The summed E-state index contributed by atoms with van der Waals surface area (Å²) < 4.78 is 0. The van der Waals surface area contributed by atoms with Gasteiger partial charge in [-0.1, -0.05) is 24.3 Å². The number of benzene rings is 2. The second kappa shape index (κ2) is 5.38. The molecule has 5 nitrogen and oxygen atoms in total. The number of nitrogens with one attached hydrogen (secondary N) is 1. The molecule has 106 valence electrons. The van der Waals surface area contributed by atoms with Crippen molar-refractivity contribution in [3.63, 3.8) is 0 Å². The van der Waals surface area contributed by atoms with Crippen LogP contribution in [0.5, 0.6) is 0 Å². The van der Waals surface area contributed by atoms with E-state index in [-0.39, 0.29) is 25.0 Å². The van der Waals surface area contributed by atoms with Gasteiger partial charge in [-0.2, -0.15) is 0 Å². The number of nitrogens with zero attached hydrogens (tertiary/aromatic N) is 1. The summed E-state index contributed by atoms with van der Waals surface area (Å²) in [6, 6.07) is 13.9. The number of hydrogen-bond donors (Lipinski definition) is 2. The van der Waals surface area contributed by atoms with Crippen molar-refractivity contribution in [1.82, 2.24) is 0 Å². The third kappa shape index (κ3) is 2.51. The SMILES string of the molecule is O=C1CN(C(=O)c2ccc(CO)cc2)c2ccccc2N1. The normalized spacial score (nSPS) is 13.6. The zero-order chi connectivity index (χ0) is 14.8. The summed E-state index contributed by atoms with van der Waals surface area (Å²) in [5.41, 5.74) is 2.54. The molecular weight excluding hydrogens is 268 g/mol. The van der Waals surface area contributed by atoms with Crippen LogP contribution in [0, 0.1) is 0 Å². The van der Waals surface area contributed by atoms with Gasteiger partial charge in [-0.05, 0) is 29.8 Å². The number of aliphatic hydroxyl groups is 1. The fourth-order valence-electron chi connectivity index (χ4n) is 2.32. The summed E-state index contributed by atoms with van der Waals surface area (Å²) in [6.45, 7) is -0.0684. The first kappa shape index (κ1) is 13.3. The van der Waals surface area contributed by atoms with Gasteiger partial charge in [-0.25, -0.2) is 0 Å². The van der Waals surface area contributed by atoms with Gasteiger partial charge in [-0.3, -0.25) is 14.5 Å². The van der Waals surface area contributed by atoms with Crippen LogP contribution in [0.15, 0.2) is 48.5 Å². The third-order valence-electron chi connectivity index (χ3n) is 3.40. The van der Waals surface area contributed by atoms with Crippen LogP contribution in [0.4, 0.5) is 11.4 Å². The fraction of sp³-hybridized carbons (Fsp3) is 0.125. The molecule has 0 fully saturated rings. The molecule has 2 aromatic carbocycles. The van der Waals surface area contributed by atoms with Crippen molar-refractivity contribution in [2.24, 2.45) is 0 Å². The Hall–Kier alpha value is -2.66. The maximum atomic E-state index is 12.6. The first-order valence-electron chi connectivity index (χ1n) is 6.59. The second-order valence-electron chi connectivity index (χ2n) is 4.81. The van der Waals surface area contributed by atoms with Gasteiger partial charge in [0, 0.05) is 5.56 Å². The molecule has 0 atom stereocenters. The molecule has 0 saturated carbocycles. The van der Waals surface area contributed by atoms with Gasteiger partial charge in [0.25, 0.3) is 5.91 Å². The number of rotatable bonds is 2. The molecule has 2 aromatic rings. The van der Waals surface area contributed by atoms with Crippen LogP contribution in [0.3, 0.4) is 0 Å². The lowest BCUT2D eigenvalue weighted by atomic mass is 10.1. The number of fused-ring (bicyclic) bond motifs is 1. The summed E-state index contributed by atoms with van der Waals surface area (Å²) in [4.78, 5) is 25.8. The minimum atomic E-state index is -0.234. The van der Waals surface area contributed by atoms with Gasteiger partial charge < -0.3 is 10.4 Å². The lowest BCUT2D eigenvalue weighted by Crippen LogP contribution is -2.42. The van der Waals surface area contributed by atoms with Crippen molar-refractivity contribution in [2.45, 2.75) is 6.61 Å². The molecule has 1 aliphatic heterocycles. The minimum absolute atomic E-state index is 0.00238. The molecule has 3 rings (SSSR count). The zero-order valence-corrected chi connectivity index (χ0v) is 11.2. The lowest BCUT2D eigenvalue weighted by molar-refractivity contribution is -0.115. The Balaban J connectivity index is 1.95. The number of hydrogen-bond acceptors (Lipinski definition) is 3. The van der Waals surface area contributed by atoms with Crippen molar-refractivity contribution < 1.29 is 14.7 Å². The average molecular weight is 282 g/mol. The standard InChI is InChI=1S/C16H14N2O3/c19-10-11-5-7-12(8-6-11)16(21)18-9-15(20)17-13-3-1-2-4-14(13)18/h1-8,19H,9-10H2,(H,17,20). The Morgan fingerprint density at radius 1 is 1.14 bits per heavy atom.